The van der Waals surface area contributed by atoms with Gasteiger partial charge in [0.2, 0.25) is 0 Å². The summed E-state index contributed by atoms with van der Waals surface area (Å²) >= 11 is 0. The molecule has 0 saturated heterocycles. The molecular weight excluding hydrogens is 222 g/mol. The van der Waals surface area contributed by atoms with Gasteiger partial charge in [-0.25, -0.2) is 4.98 Å². The fraction of sp³-hybridized carbons (Fsp3) is 0.267. The maximum Gasteiger partial charge on any atom is 0.132 e. The zero-order valence-electron chi connectivity index (χ0n) is 10.7. The van der Waals surface area contributed by atoms with Crippen molar-refractivity contribution in [2.45, 2.75) is 26.3 Å². The maximum atomic E-state index is 6.16. The van der Waals surface area contributed by atoms with E-state index in [2.05, 4.69) is 24.8 Å². The summed E-state index contributed by atoms with van der Waals surface area (Å²) in [6.07, 6.45) is 5.39. The predicted molar refractivity (Wildman–Crippen MR) is 75.0 cm³/mol. The van der Waals surface area contributed by atoms with E-state index < -0.39 is 0 Å². The lowest BCUT2D eigenvalue weighted by Crippen LogP contribution is -2.07. The maximum absolute atomic E-state index is 6.16. The second-order valence-corrected chi connectivity index (χ2v) is 4.51. The van der Waals surface area contributed by atoms with Crippen molar-refractivity contribution in [3.05, 3.63) is 36.2 Å². The summed E-state index contributed by atoms with van der Waals surface area (Å²) in [5.41, 5.74) is 8.00. The van der Waals surface area contributed by atoms with Crippen LogP contribution in [0.25, 0.3) is 11.3 Å². The lowest BCUT2D eigenvalue weighted by molar-refractivity contribution is 0.691. The molecule has 2 rings (SSSR count). The molecule has 0 aliphatic heterocycles. The molecule has 0 fully saturated rings. The Hall–Kier alpha value is -2.21. The molecule has 0 spiro atoms. The molecule has 0 bridgehead atoms. The summed E-state index contributed by atoms with van der Waals surface area (Å²) in [6, 6.07) is 9.93. The number of terminal acetylenes is 1. The Morgan fingerprint density at radius 1 is 1.33 bits per heavy atom. The lowest BCUT2D eigenvalue weighted by Gasteiger charge is -2.08. The molecule has 2 N–H and O–H groups in total. The van der Waals surface area contributed by atoms with Crippen LogP contribution >= 0.6 is 0 Å². The Bertz CT molecular complexity index is 574. The van der Waals surface area contributed by atoms with Gasteiger partial charge in [-0.3, -0.25) is 0 Å². The Labute approximate surface area is 108 Å². The van der Waals surface area contributed by atoms with Crippen LogP contribution in [0.1, 0.15) is 25.6 Å². The van der Waals surface area contributed by atoms with Crippen LogP contribution in [0, 0.1) is 12.3 Å². The number of aromatic nitrogens is 2. The number of hydrogen-bond donors (Lipinski definition) is 1. The van der Waals surface area contributed by atoms with Gasteiger partial charge in [-0.2, -0.15) is 0 Å². The molecule has 0 unspecified atom stereocenters. The van der Waals surface area contributed by atoms with Crippen LogP contribution in [0.15, 0.2) is 30.3 Å². The van der Waals surface area contributed by atoms with Crippen LogP contribution in [0.2, 0.25) is 0 Å². The monoisotopic (exact) mass is 239 g/mol. The minimum atomic E-state index is 0.290. The first kappa shape index (κ1) is 12.3. The van der Waals surface area contributed by atoms with Crippen LogP contribution in [0.5, 0.6) is 0 Å². The Morgan fingerprint density at radius 2 is 2.00 bits per heavy atom. The van der Waals surface area contributed by atoms with Gasteiger partial charge < -0.3 is 10.3 Å². The van der Waals surface area contributed by atoms with Crippen molar-refractivity contribution < 1.29 is 0 Å². The third kappa shape index (κ3) is 2.10. The Kier molecular flexibility index (Phi) is 3.38. The Morgan fingerprint density at radius 3 is 2.56 bits per heavy atom. The quantitative estimate of drug-likeness (QED) is 0.837. The van der Waals surface area contributed by atoms with Crippen molar-refractivity contribution in [2.75, 3.05) is 5.73 Å². The van der Waals surface area contributed by atoms with E-state index >= 15 is 0 Å². The number of nitrogens with two attached hydrogens (primary N) is 1. The predicted octanol–water partition coefficient (Wildman–Crippen LogP) is 2.89. The van der Waals surface area contributed by atoms with E-state index in [1.807, 2.05) is 34.9 Å². The second kappa shape index (κ2) is 4.97. The molecule has 18 heavy (non-hydrogen) atoms. The molecule has 92 valence electrons. The van der Waals surface area contributed by atoms with E-state index in [9.17, 15) is 0 Å². The van der Waals surface area contributed by atoms with Crippen molar-refractivity contribution >= 4 is 5.82 Å². The zero-order valence-corrected chi connectivity index (χ0v) is 10.7. The fourth-order valence-electron chi connectivity index (χ4n) is 1.99. The molecule has 3 heteroatoms. The topological polar surface area (TPSA) is 43.8 Å². The molecule has 0 atom stereocenters. The van der Waals surface area contributed by atoms with Gasteiger partial charge in [0.25, 0.3) is 0 Å². The Balaban J connectivity index is 2.57. The van der Waals surface area contributed by atoms with Crippen LogP contribution in [0.4, 0.5) is 5.82 Å². The second-order valence-electron chi connectivity index (χ2n) is 4.51. The van der Waals surface area contributed by atoms with Gasteiger partial charge in [-0.15, -0.1) is 6.42 Å². The average Bonchev–Trinajstić information content (AvgIpc) is 2.69. The number of rotatable bonds is 3. The first-order chi connectivity index (χ1) is 8.65. The van der Waals surface area contributed by atoms with Gasteiger partial charge in [-0.05, 0) is 0 Å². The van der Waals surface area contributed by atoms with Gasteiger partial charge in [0.15, 0.2) is 0 Å². The van der Waals surface area contributed by atoms with Crippen molar-refractivity contribution in [3.8, 4) is 23.6 Å². The summed E-state index contributed by atoms with van der Waals surface area (Å²) in [7, 11) is 0. The van der Waals surface area contributed by atoms with Crippen molar-refractivity contribution in [1.82, 2.24) is 9.55 Å². The summed E-state index contributed by atoms with van der Waals surface area (Å²) < 4.78 is 1.91. The lowest BCUT2D eigenvalue weighted by atomic mass is 10.1. The van der Waals surface area contributed by atoms with Crippen molar-refractivity contribution in [2.24, 2.45) is 0 Å². The van der Waals surface area contributed by atoms with E-state index in [-0.39, 0.29) is 5.92 Å². The van der Waals surface area contributed by atoms with Crippen LogP contribution < -0.4 is 5.73 Å². The van der Waals surface area contributed by atoms with Crippen molar-refractivity contribution in [1.29, 1.82) is 0 Å². The largest absolute Gasteiger partial charge is 0.383 e. The summed E-state index contributed by atoms with van der Waals surface area (Å²) in [5.74, 6) is 4.49. The van der Waals surface area contributed by atoms with Crippen LogP contribution in [0.3, 0.4) is 0 Å². The van der Waals surface area contributed by atoms with Crippen molar-refractivity contribution in [3.63, 3.8) is 0 Å². The molecular formula is C15H17N3. The number of benzene rings is 1. The molecule has 1 heterocycles. The molecule has 3 nitrogen and oxygen atoms in total. The van der Waals surface area contributed by atoms with E-state index in [1.54, 1.807) is 0 Å². The minimum absolute atomic E-state index is 0.290. The van der Waals surface area contributed by atoms with Gasteiger partial charge in [0.1, 0.15) is 17.3 Å². The molecule has 0 aliphatic carbocycles. The highest BCUT2D eigenvalue weighted by molar-refractivity contribution is 5.71. The number of nitrogen functional groups attached to an aromatic ring is 1. The van der Waals surface area contributed by atoms with Gasteiger partial charge in [-0.1, -0.05) is 50.1 Å². The molecule has 0 amide bonds. The zero-order chi connectivity index (χ0) is 13.1. The first-order valence-electron chi connectivity index (χ1n) is 6.00. The van der Waals surface area contributed by atoms with Gasteiger partial charge in [0.05, 0.1) is 6.54 Å². The highest BCUT2D eigenvalue weighted by Gasteiger charge is 2.17. The fourth-order valence-corrected chi connectivity index (χ4v) is 1.99. The smallest absolute Gasteiger partial charge is 0.132 e. The van der Waals surface area contributed by atoms with Crippen LogP contribution in [-0.2, 0) is 6.54 Å². The summed E-state index contributed by atoms with van der Waals surface area (Å²) in [5, 5.41) is 0. The molecule has 0 saturated carbocycles. The molecule has 0 aliphatic rings. The molecule has 2 aromatic rings. The number of hydrogen-bond acceptors (Lipinski definition) is 2. The number of anilines is 1. The molecule has 1 aromatic carbocycles. The first-order valence-corrected chi connectivity index (χ1v) is 6.00. The average molecular weight is 239 g/mol. The third-order valence-electron chi connectivity index (χ3n) is 2.85. The summed E-state index contributed by atoms with van der Waals surface area (Å²) in [6.45, 7) is 4.63. The highest BCUT2D eigenvalue weighted by atomic mass is 15.1. The third-order valence-corrected chi connectivity index (χ3v) is 2.85. The number of nitrogens with zero attached hydrogens (tertiary/aromatic N) is 2. The molecule has 0 radical (unpaired) electrons. The van der Waals surface area contributed by atoms with E-state index in [0.29, 0.717) is 12.4 Å². The van der Waals surface area contributed by atoms with E-state index in [0.717, 1.165) is 17.1 Å². The normalized spacial score (nSPS) is 10.6. The van der Waals surface area contributed by atoms with E-state index in [1.165, 1.54) is 0 Å². The van der Waals surface area contributed by atoms with Gasteiger partial charge >= 0.3 is 0 Å². The minimum Gasteiger partial charge on any atom is -0.383 e. The SMILES string of the molecule is C#CCn1c(C(C)C)nc(-c2ccccc2)c1N. The highest BCUT2D eigenvalue weighted by Crippen LogP contribution is 2.28. The standard InChI is InChI=1S/C15H17N3/c1-4-10-18-14(16)13(17-15(18)11(2)3)12-8-6-5-7-9-12/h1,5-9,11H,10,16H2,2-3H3. The van der Waals surface area contributed by atoms with Crippen LogP contribution in [-0.4, -0.2) is 9.55 Å². The molecule has 1 aromatic heterocycles. The van der Waals surface area contributed by atoms with E-state index in [4.69, 9.17) is 12.2 Å². The number of imidazole rings is 1. The van der Waals surface area contributed by atoms with Gasteiger partial charge in [0, 0.05) is 11.5 Å². The summed E-state index contributed by atoms with van der Waals surface area (Å²) in [4.78, 5) is 4.64.